The minimum Gasteiger partial charge on any atom is -0.392 e. The summed E-state index contributed by atoms with van der Waals surface area (Å²) in [4.78, 5) is 14.8. The smallest absolute Gasteiger partial charge is 0.232 e. The highest BCUT2D eigenvalue weighted by Gasteiger charge is 2.31. The van der Waals surface area contributed by atoms with Gasteiger partial charge in [-0.05, 0) is 39.8 Å². The summed E-state index contributed by atoms with van der Waals surface area (Å²) in [6.07, 6.45) is 0.831. The number of rotatable bonds is 5. The lowest BCUT2D eigenvalue weighted by Crippen LogP contribution is -2.48. The maximum Gasteiger partial charge on any atom is 0.232 e. The van der Waals surface area contributed by atoms with Crippen LogP contribution in [-0.2, 0) is 11.2 Å². The molecule has 100 valence electrons. The first-order valence-electron chi connectivity index (χ1n) is 5.89. The van der Waals surface area contributed by atoms with E-state index in [9.17, 15) is 4.79 Å². The Kier molecular flexibility index (Phi) is 4.87. The number of aryl methyl sites for hydroxylation is 1. The Bertz CT molecular complexity index is 452. The maximum absolute atomic E-state index is 12.0. The SMILES string of the molecule is Cc1ccc(CC(C)NC(=O)C(C)(C)C(N)=S)s1. The van der Waals surface area contributed by atoms with Crippen LogP contribution in [0.5, 0.6) is 0 Å². The fourth-order valence-corrected chi connectivity index (χ4v) is 2.58. The van der Waals surface area contributed by atoms with Crippen LogP contribution in [-0.4, -0.2) is 16.9 Å². The molecule has 0 saturated carbocycles. The lowest BCUT2D eigenvalue weighted by molar-refractivity contribution is -0.126. The second-order valence-electron chi connectivity index (χ2n) is 5.08. The molecular weight excluding hydrogens is 264 g/mol. The number of thiophene rings is 1. The van der Waals surface area contributed by atoms with Crippen LogP contribution in [0.3, 0.4) is 0 Å². The van der Waals surface area contributed by atoms with Gasteiger partial charge in [0.2, 0.25) is 5.91 Å². The first kappa shape index (κ1) is 15.1. The lowest BCUT2D eigenvalue weighted by Gasteiger charge is -2.24. The highest BCUT2D eigenvalue weighted by atomic mass is 32.1. The van der Waals surface area contributed by atoms with Gasteiger partial charge in [0.15, 0.2) is 0 Å². The van der Waals surface area contributed by atoms with Crippen LogP contribution in [0.15, 0.2) is 12.1 Å². The van der Waals surface area contributed by atoms with Gasteiger partial charge in [0.05, 0.1) is 10.4 Å². The number of nitrogens with two attached hydrogens (primary N) is 1. The molecule has 0 aliphatic rings. The Morgan fingerprint density at radius 1 is 1.56 bits per heavy atom. The predicted octanol–water partition coefficient (Wildman–Crippen LogP) is 2.42. The van der Waals surface area contributed by atoms with E-state index < -0.39 is 5.41 Å². The molecular formula is C13H20N2OS2. The molecule has 1 rings (SSSR count). The minimum absolute atomic E-state index is 0.0733. The second-order valence-corrected chi connectivity index (χ2v) is 6.89. The largest absolute Gasteiger partial charge is 0.392 e. The highest BCUT2D eigenvalue weighted by Crippen LogP contribution is 2.19. The summed E-state index contributed by atoms with van der Waals surface area (Å²) in [5, 5.41) is 2.96. The summed E-state index contributed by atoms with van der Waals surface area (Å²) in [7, 11) is 0. The Balaban J connectivity index is 2.57. The van der Waals surface area contributed by atoms with Gasteiger partial charge in [0.1, 0.15) is 0 Å². The predicted molar refractivity (Wildman–Crippen MR) is 80.9 cm³/mol. The molecule has 0 saturated heterocycles. The molecule has 0 aliphatic heterocycles. The van der Waals surface area contributed by atoms with E-state index in [0.29, 0.717) is 0 Å². The van der Waals surface area contributed by atoms with Gasteiger partial charge in [0, 0.05) is 22.2 Å². The van der Waals surface area contributed by atoms with Crippen molar-refractivity contribution >= 4 is 34.5 Å². The van der Waals surface area contributed by atoms with E-state index in [1.165, 1.54) is 9.75 Å². The van der Waals surface area contributed by atoms with Crippen LogP contribution in [0.1, 0.15) is 30.5 Å². The zero-order chi connectivity index (χ0) is 13.9. The van der Waals surface area contributed by atoms with Crippen molar-refractivity contribution in [3.63, 3.8) is 0 Å². The standard InChI is InChI=1S/C13H20N2OS2/c1-8(7-10-6-5-9(2)18-10)15-12(16)13(3,4)11(14)17/h5-6,8H,7H2,1-4H3,(H2,14,17)(H,15,16). The molecule has 18 heavy (non-hydrogen) atoms. The molecule has 1 unspecified atom stereocenters. The zero-order valence-corrected chi connectivity index (χ0v) is 12.9. The Labute approximate surface area is 118 Å². The van der Waals surface area contributed by atoms with Crippen molar-refractivity contribution in [1.82, 2.24) is 5.32 Å². The van der Waals surface area contributed by atoms with E-state index >= 15 is 0 Å². The summed E-state index contributed by atoms with van der Waals surface area (Å²) in [5.41, 5.74) is 4.78. The molecule has 1 amide bonds. The summed E-state index contributed by atoms with van der Waals surface area (Å²) >= 11 is 6.67. The van der Waals surface area contributed by atoms with Gasteiger partial charge in [-0.1, -0.05) is 12.2 Å². The van der Waals surface area contributed by atoms with Crippen molar-refractivity contribution in [3.05, 3.63) is 21.9 Å². The van der Waals surface area contributed by atoms with Crippen LogP contribution in [0.25, 0.3) is 0 Å². The van der Waals surface area contributed by atoms with E-state index in [0.717, 1.165) is 6.42 Å². The zero-order valence-electron chi connectivity index (χ0n) is 11.2. The normalized spacial score (nSPS) is 13.1. The van der Waals surface area contributed by atoms with Gasteiger partial charge in [-0.3, -0.25) is 4.79 Å². The second kappa shape index (κ2) is 5.80. The number of thiocarbonyl (C=S) groups is 1. The third-order valence-corrected chi connectivity index (χ3v) is 4.40. The molecule has 3 N–H and O–H groups in total. The van der Waals surface area contributed by atoms with Crippen molar-refractivity contribution in [2.24, 2.45) is 11.1 Å². The molecule has 0 bridgehead atoms. The minimum atomic E-state index is -0.797. The molecule has 1 atom stereocenters. The highest BCUT2D eigenvalue weighted by molar-refractivity contribution is 7.80. The third kappa shape index (κ3) is 3.78. The van der Waals surface area contributed by atoms with E-state index in [1.807, 2.05) is 6.92 Å². The summed E-state index contributed by atoms with van der Waals surface area (Å²) in [6.45, 7) is 7.55. The molecule has 0 aliphatic carbocycles. The molecule has 1 aromatic rings. The molecule has 0 aromatic carbocycles. The van der Waals surface area contributed by atoms with Gasteiger partial charge in [-0.25, -0.2) is 0 Å². The van der Waals surface area contributed by atoms with E-state index in [2.05, 4.69) is 24.4 Å². The molecule has 1 aromatic heterocycles. The van der Waals surface area contributed by atoms with Crippen LogP contribution in [0.4, 0.5) is 0 Å². The number of hydrogen-bond acceptors (Lipinski definition) is 3. The van der Waals surface area contributed by atoms with Gasteiger partial charge in [-0.2, -0.15) is 0 Å². The van der Waals surface area contributed by atoms with E-state index in [1.54, 1.807) is 25.2 Å². The van der Waals surface area contributed by atoms with Crippen molar-refractivity contribution in [3.8, 4) is 0 Å². The molecule has 0 radical (unpaired) electrons. The Morgan fingerprint density at radius 2 is 2.17 bits per heavy atom. The fourth-order valence-electron chi connectivity index (χ4n) is 1.46. The van der Waals surface area contributed by atoms with Crippen molar-refractivity contribution < 1.29 is 4.79 Å². The fraction of sp³-hybridized carbons (Fsp3) is 0.538. The average Bonchev–Trinajstić information content (AvgIpc) is 2.63. The van der Waals surface area contributed by atoms with Crippen molar-refractivity contribution in [2.45, 2.75) is 40.2 Å². The van der Waals surface area contributed by atoms with Gasteiger partial charge >= 0.3 is 0 Å². The number of carbonyl (C=O) groups is 1. The van der Waals surface area contributed by atoms with Crippen LogP contribution in [0, 0.1) is 12.3 Å². The third-order valence-electron chi connectivity index (χ3n) is 2.86. The van der Waals surface area contributed by atoms with Crippen molar-refractivity contribution in [2.75, 3.05) is 0 Å². The summed E-state index contributed by atoms with van der Waals surface area (Å²) < 4.78 is 0. The summed E-state index contributed by atoms with van der Waals surface area (Å²) in [6, 6.07) is 4.26. The molecule has 0 spiro atoms. The van der Waals surface area contributed by atoms with Gasteiger partial charge in [0.25, 0.3) is 0 Å². The average molecular weight is 284 g/mol. The maximum atomic E-state index is 12.0. The molecule has 3 nitrogen and oxygen atoms in total. The lowest BCUT2D eigenvalue weighted by atomic mass is 9.92. The first-order valence-corrected chi connectivity index (χ1v) is 7.12. The Hall–Kier alpha value is -0.940. The number of amides is 1. The number of carbonyl (C=O) groups excluding carboxylic acids is 1. The molecule has 1 heterocycles. The van der Waals surface area contributed by atoms with Crippen LogP contribution >= 0.6 is 23.6 Å². The number of hydrogen-bond donors (Lipinski definition) is 2. The monoisotopic (exact) mass is 284 g/mol. The number of nitrogens with one attached hydrogen (secondary N) is 1. The Morgan fingerprint density at radius 3 is 2.61 bits per heavy atom. The van der Waals surface area contributed by atoms with E-state index in [-0.39, 0.29) is 16.9 Å². The quantitative estimate of drug-likeness (QED) is 0.816. The molecule has 5 heteroatoms. The van der Waals surface area contributed by atoms with Crippen molar-refractivity contribution in [1.29, 1.82) is 0 Å². The van der Waals surface area contributed by atoms with Gasteiger partial charge < -0.3 is 11.1 Å². The van der Waals surface area contributed by atoms with Crippen LogP contribution in [0.2, 0.25) is 0 Å². The summed E-state index contributed by atoms with van der Waals surface area (Å²) in [5.74, 6) is -0.115. The van der Waals surface area contributed by atoms with Gasteiger partial charge in [-0.15, -0.1) is 11.3 Å². The van der Waals surface area contributed by atoms with Crippen LogP contribution < -0.4 is 11.1 Å². The molecule has 0 fully saturated rings. The van der Waals surface area contributed by atoms with E-state index in [4.69, 9.17) is 18.0 Å². The topological polar surface area (TPSA) is 55.1 Å². The first-order chi connectivity index (χ1) is 8.23.